The maximum atomic E-state index is 6.03. The zero-order valence-electron chi connectivity index (χ0n) is 11.2. The highest BCUT2D eigenvalue weighted by Gasteiger charge is 2.27. The summed E-state index contributed by atoms with van der Waals surface area (Å²) in [5.74, 6) is 3.05. The fraction of sp³-hybridized carbons (Fsp3) is 0.714. The van der Waals surface area contributed by atoms with Gasteiger partial charge in [0.15, 0.2) is 0 Å². The van der Waals surface area contributed by atoms with Crippen LogP contribution in [0.2, 0.25) is 0 Å². The minimum Gasteiger partial charge on any atom is -0.383 e. The van der Waals surface area contributed by atoms with E-state index in [0.717, 1.165) is 33.8 Å². The predicted octanol–water partition coefficient (Wildman–Crippen LogP) is 3.91. The van der Waals surface area contributed by atoms with E-state index in [4.69, 9.17) is 10.7 Å². The van der Waals surface area contributed by atoms with E-state index in [1.54, 1.807) is 0 Å². The summed E-state index contributed by atoms with van der Waals surface area (Å²) in [6, 6.07) is 0. The van der Waals surface area contributed by atoms with Crippen LogP contribution in [0.3, 0.4) is 0 Å². The first-order valence-electron chi connectivity index (χ1n) is 6.97. The van der Waals surface area contributed by atoms with Gasteiger partial charge < -0.3 is 5.73 Å². The Labute approximate surface area is 123 Å². The highest BCUT2D eigenvalue weighted by Crippen LogP contribution is 2.38. The lowest BCUT2D eigenvalue weighted by atomic mass is 10.0. The Balaban J connectivity index is 2.23. The van der Waals surface area contributed by atoms with Crippen LogP contribution in [0.5, 0.6) is 0 Å². The minimum atomic E-state index is 0.532. The Hall–Kier alpha value is -0.390. The lowest BCUT2D eigenvalue weighted by Gasteiger charge is -2.13. The van der Waals surface area contributed by atoms with Gasteiger partial charge in [0.2, 0.25) is 0 Å². The lowest BCUT2D eigenvalue weighted by Crippen LogP contribution is -2.10. The maximum absolute atomic E-state index is 6.03. The Morgan fingerprint density at radius 3 is 2.67 bits per heavy atom. The molecule has 0 bridgehead atoms. The average Bonchev–Trinajstić information content (AvgIpc) is 2.83. The average molecular weight is 359 g/mol. The standard InChI is InChI=1S/C14H22IN3/c1-3-5-11-12(15)13(16)18-14(17-11)10-7-6-9(4-2)8-10/h9-10H,3-8H2,1-2H3,(H2,16,17,18). The largest absolute Gasteiger partial charge is 0.383 e. The summed E-state index contributed by atoms with van der Waals surface area (Å²) in [5, 5.41) is 0. The van der Waals surface area contributed by atoms with E-state index < -0.39 is 0 Å². The first kappa shape index (κ1) is 14.0. The number of rotatable bonds is 4. The maximum Gasteiger partial charge on any atom is 0.140 e. The van der Waals surface area contributed by atoms with Crippen molar-refractivity contribution in [2.24, 2.45) is 5.92 Å². The molecule has 0 aliphatic heterocycles. The molecule has 2 atom stereocenters. The highest BCUT2D eigenvalue weighted by atomic mass is 127. The number of aryl methyl sites for hydroxylation is 1. The normalized spacial score (nSPS) is 23.5. The molecule has 0 spiro atoms. The number of hydrogen-bond acceptors (Lipinski definition) is 3. The molecular weight excluding hydrogens is 337 g/mol. The van der Waals surface area contributed by atoms with E-state index in [-0.39, 0.29) is 0 Å². The summed E-state index contributed by atoms with van der Waals surface area (Å²) in [6.45, 7) is 4.45. The quantitative estimate of drug-likeness (QED) is 0.830. The second-order valence-corrected chi connectivity index (χ2v) is 6.34. The van der Waals surface area contributed by atoms with Crippen molar-refractivity contribution >= 4 is 28.4 Å². The molecule has 2 unspecified atom stereocenters. The Morgan fingerprint density at radius 2 is 2.06 bits per heavy atom. The van der Waals surface area contributed by atoms with Crippen molar-refractivity contribution in [2.45, 2.75) is 58.3 Å². The van der Waals surface area contributed by atoms with Gasteiger partial charge in [0.25, 0.3) is 0 Å². The van der Waals surface area contributed by atoms with Crippen LogP contribution in [-0.4, -0.2) is 9.97 Å². The monoisotopic (exact) mass is 359 g/mol. The second-order valence-electron chi connectivity index (χ2n) is 5.26. The molecule has 18 heavy (non-hydrogen) atoms. The number of aromatic nitrogens is 2. The van der Waals surface area contributed by atoms with Crippen LogP contribution < -0.4 is 5.73 Å². The Kier molecular flexibility index (Phi) is 4.81. The van der Waals surface area contributed by atoms with Crippen molar-refractivity contribution in [3.05, 3.63) is 15.1 Å². The minimum absolute atomic E-state index is 0.532. The van der Waals surface area contributed by atoms with Crippen molar-refractivity contribution in [1.82, 2.24) is 9.97 Å². The van der Waals surface area contributed by atoms with Crippen LogP contribution in [0.25, 0.3) is 0 Å². The Morgan fingerprint density at radius 1 is 1.28 bits per heavy atom. The predicted molar refractivity (Wildman–Crippen MR) is 83.5 cm³/mol. The topological polar surface area (TPSA) is 51.8 Å². The van der Waals surface area contributed by atoms with E-state index in [9.17, 15) is 0 Å². The van der Waals surface area contributed by atoms with Crippen LogP contribution in [0, 0.1) is 9.49 Å². The molecule has 0 aromatic carbocycles. The van der Waals surface area contributed by atoms with E-state index in [1.165, 1.54) is 25.7 Å². The molecule has 1 fully saturated rings. The molecule has 1 aliphatic carbocycles. The second kappa shape index (κ2) is 6.17. The van der Waals surface area contributed by atoms with Gasteiger partial charge in [0, 0.05) is 5.92 Å². The van der Waals surface area contributed by atoms with Gasteiger partial charge in [-0.15, -0.1) is 0 Å². The smallest absolute Gasteiger partial charge is 0.140 e. The van der Waals surface area contributed by atoms with Gasteiger partial charge in [-0.05, 0) is 54.2 Å². The third-order valence-electron chi connectivity index (χ3n) is 3.93. The van der Waals surface area contributed by atoms with E-state index in [2.05, 4.69) is 41.4 Å². The SMILES string of the molecule is CCCc1nc(C2CCC(CC)C2)nc(N)c1I. The van der Waals surface area contributed by atoms with E-state index >= 15 is 0 Å². The third-order valence-corrected chi connectivity index (χ3v) is 5.11. The van der Waals surface area contributed by atoms with Gasteiger partial charge >= 0.3 is 0 Å². The van der Waals surface area contributed by atoms with Crippen LogP contribution in [-0.2, 0) is 6.42 Å². The molecule has 100 valence electrons. The lowest BCUT2D eigenvalue weighted by molar-refractivity contribution is 0.516. The van der Waals surface area contributed by atoms with Crippen LogP contribution >= 0.6 is 22.6 Å². The molecule has 1 saturated carbocycles. The number of nitrogens with zero attached hydrogens (tertiary/aromatic N) is 2. The molecule has 1 heterocycles. The van der Waals surface area contributed by atoms with Gasteiger partial charge in [-0.1, -0.05) is 26.7 Å². The number of anilines is 1. The van der Waals surface area contributed by atoms with Gasteiger partial charge in [-0.2, -0.15) is 0 Å². The van der Waals surface area contributed by atoms with Crippen molar-refractivity contribution in [3.8, 4) is 0 Å². The highest BCUT2D eigenvalue weighted by molar-refractivity contribution is 14.1. The van der Waals surface area contributed by atoms with Gasteiger partial charge in [-0.25, -0.2) is 9.97 Å². The molecule has 1 aromatic heterocycles. The molecule has 2 N–H and O–H groups in total. The fourth-order valence-electron chi connectivity index (χ4n) is 2.80. The summed E-state index contributed by atoms with van der Waals surface area (Å²) < 4.78 is 1.04. The van der Waals surface area contributed by atoms with E-state index in [0.29, 0.717) is 11.7 Å². The zero-order valence-corrected chi connectivity index (χ0v) is 13.4. The van der Waals surface area contributed by atoms with Crippen molar-refractivity contribution in [1.29, 1.82) is 0 Å². The van der Waals surface area contributed by atoms with Crippen molar-refractivity contribution in [2.75, 3.05) is 5.73 Å². The summed E-state index contributed by atoms with van der Waals surface area (Å²) in [4.78, 5) is 9.30. The number of hydrogen-bond donors (Lipinski definition) is 1. The molecule has 1 aromatic rings. The van der Waals surface area contributed by atoms with Crippen LogP contribution in [0.4, 0.5) is 5.82 Å². The first-order chi connectivity index (χ1) is 8.65. The summed E-state index contributed by atoms with van der Waals surface area (Å²) in [5.41, 5.74) is 7.17. The van der Waals surface area contributed by atoms with Gasteiger partial charge in [0.05, 0.1) is 9.26 Å². The molecule has 3 nitrogen and oxygen atoms in total. The summed E-state index contributed by atoms with van der Waals surface area (Å²) >= 11 is 2.27. The van der Waals surface area contributed by atoms with Crippen LogP contribution in [0.1, 0.15) is 63.4 Å². The zero-order chi connectivity index (χ0) is 13.1. The molecule has 4 heteroatoms. The van der Waals surface area contributed by atoms with Crippen molar-refractivity contribution < 1.29 is 0 Å². The number of halogens is 1. The third kappa shape index (κ3) is 2.95. The summed E-state index contributed by atoms with van der Waals surface area (Å²) in [7, 11) is 0. The molecular formula is C14H22IN3. The van der Waals surface area contributed by atoms with Gasteiger partial charge in [-0.3, -0.25) is 0 Å². The molecule has 2 rings (SSSR count). The first-order valence-corrected chi connectivity index (χ1v) is 8.05. The van der Waals surface area contributed by atoms with Crippen LogP contribution in [0.15, 0.2) is 0 Å². The molecule has 0 saturated heterocycles. The Bertz CT molecular complexity index is 420. The number of nitrogen functional groups attached to an aromatic ring is 1. The number of nitrogens with two attached hydrogens (primary N) is 1. The molecule has 1 aliphatic rings. The van der Waals surface area contributed by atoms with Crippen molar-refractivity contribution in [3.63, 3.8) is 0 Å². The molecule has 0 radical (unpaired) electrons. The molecule has 0 amide bonds. The van der Waals surface area contributed by atoms with E-state index in [1.807, 2.05) is 0 Å². The van der Waals surface area contributed by atoms with Gasteiger partial charge in [0.1, 0.15) is 11.6 Å². The summed E-state index contributed by atoms with van der Waals surface area (Å²) in [6.07, 6.45) is 7.17. The fourth-order valence-corrected chi connectivity index (χ4v) is 3.31.